The van der Waals surface area contributed by atoms with Crippen LogP contribution in [0, 0.1) is 0 Å². The molecule has 6 nitrogen and oxygen atoms in total. The predicted molar refractivity (Wildman–Crippen MR) is 241 cm³/mol. The van der Waals surface area contributed by atoms with Crippen LogP contribution in [0.3, 0.4) is 0 Å². The Balaban J connectivity index is 2.18. The minimum atomic E-state index is -2.88. The number of hydrogen-bond donors (Lipinski definition) is 0. The van der Waals surface area contributed by atoms with Crippen molar-refractivity contribution in [2.75, 3.05) is 19.6 Å². The van der Waals surface area contributed by atoms with Gasteiger partial charge in [-0.05, 0) is 0 Å². The Labute approximate surface area is 352 Å². The molecule has 0 amide bonds. The van der Waals surface area contributed by atoms with Gasteiger partial charge in [-0.2, -0.15) is 0 Å². The Bertz CT molecular complexity index is 1610. The van der Waals surface area contributed by atoms with Crippen LogP contribution in [0.2, 0.25) is 0 Å². The van der Waals surface area contributed by atoms with Crippen molar-refractivity contribution in [1.29, 1.82) is 0 Å². The van der Waals surface area contributed by atoms with Gasteiger partial charge in [0.15, 0.2) is 0 Å². The third-order valence-electron chi connectivity index (χ3n) is 10.2. The quantitative estimate of drug-likeness (QED) is 0.112. The summed E-state index contributed by atoms with van der Waals surface area (Å²) >= 11 is 11.5. The number of rotatable bonds is 15. The topological polar surface area (TPSA) is 37.4 Å². The predicted octanol–water partition coefficient (Wildman–Crippen LogP) is 13.5. The van der Waals surface area contributed by atoms with Crippen molar-refractivity contribution in [2.45, 2.75) is 139 Å². The van der Waals surface area contributed by atoms with E-state index in [1.54, 1.807) is 0 Å². The molecule has 3 aromatic carbocycles. The van der Waals surface area contributed by atoms with E-state index >= 15 is 0 Å². The Hall–Kier alpha value is -0.212. The molecule has 1 aliphatic heterocycles. The molecule has 0 bridgehead atoms. The molecule has 1 fully saturated rings. The Morgan fingerprint density at radius 3 is 0.685 bits per heavy atom. The summed E-state index contributed by atoms with van der Waals surface area (Å²) in [6.07, 6.45) is 0. The van der Waals surface area contributed by atoms with Gasteiger partial charge >= 0.3 is 355 Å². The van der Waals surface area contributed by atoms with E-state index in [0.717, 1.165) is 17.2 Å². The average Bonchev–Trinajstić information content (AvgIpc) is 3.08. The van der Waals surface area contributed by atoms with Crippen molar-refractivity contribution in [1.82, 2.24) is 13.3 Å². The fraction of sp³-hybridized carbons (Fsp3) is 0.571. The molecule has 0 atom stereocenters. The van der Waals surface area contributed by atoms with Gasteiger partial charge < -0.3 is 0 Å². The van der Waals surface area contributed by atoms with Gasteiger partial charge in [-0.25, -0.2) is 0 Å². The summed E-state index contributed by atoms with van der Waals surface area (Å²) < 4.78 is 31.2. The third-order valence-corrected chi connectivity index (χ3v) is 34.8. The summed E-state index contributed by atoms with van der Waals surface area (Å²) in [4.78, 5) is 0. The molecule has 54 heavy (non-hydrogen) atoms. The Morgan fingerprint density at radius 2 is 0.556 bits per heavy atom. The van der Waals surface area contributed by atoms with E-state index in [0.29, 0.717) is 19.6 Å². The van der Waals surface area contributed by atoms with Gasteiger partial charge in [-0.1, -0.05) is 0 Å². The fourth-order valence-corrected chi connectivity index (χ4v) is 41.7. The van der Waals surface area contributed by atoms with E-state index in [9.17, 15) is 0 Å². The second-order valence-corrected chi connectivity index (χ2v) is 32.4. The molecule has 0 N–H and O–H groups in total. The van der Waals surface area contributed by atoms with E-state index in [1.165, 1.54) is 33.4 Å². The molecule has 300 valence electrons. The summed E-state index contributed by atoms with van der Waals surface area (Å²) in [5, 5.41) is 0. The molecule has 0 aromatic heterocycles. The molecule has 3 aromatic rings. The van der Waals surface area contributed by atoms with Gasteiger partial charge in [0.25, 0.3) is 0 Å². The zero-order valence-corrected chi connectivity index (χ0v) is 43.2. The van der Waals surface area contributed by atoms with Gasteiger partial charge in [0.1, 0.15) is 0 Å². The van der Waals surface area contributed by atoms with Crippen molar-refractivity contribution < 1.29 is 13.6 Å². The fourth-order valence-electron chi connectivity index (χ4n) is 7.26. The van der Waals surface area contributed by atoms with E-state index in [2.05, 4.69) is 217 Å². The molecule has 0 spiro atoms. The molecule has 1 saturated heterocycles. The zero-order chi connectivity index (χ0) is 40.5. The molecule has 1 aliphatic rings. The van der Waals surface area contributed by atoms with Gasteiger partial charge in [-0.15, -0.1) is 0 Å². The van der Waals surface area contributed by atoms with E-state index in [4.69, 9.17) is 13.6 Å². The molecule has 0 aliphatic carbocycles. The summed E-state index contributed by atoms with van der Waals surface area (Å²) in [7, 11) is 0. The first-order chi connectivity index (χ1) is 25.2. The summed E-state index contributed by atoms with van der Waals surface area (Å²) in [5.41, 5.74) is 7.31. The normalized spacial score (nSPS) is 23.1. The van der Waals surface area contributed by atoms with E-state index in [-0.39, 0.29) is 35.5 Å². The van der Waals surface area contributed by atoms with Crippen LogP contribution in [0.4, 0.5) is 0 Å². The maximum absolute atomic E-state index is 7.84. The van der Waals surface area contributed by atoms with Crippen molar-refractivity contribution in [3.8, 4) is 17.2 Å². The van der Waals surface area contributed by atoms with Crippen LogP contribution in [0.15, 0.2) is 54.6 Å². The first-order valence-corrected chi connectivity index (χ1v) is 31.4. The van der Waals surface area contributed by atoms with Crippen LogP contribution in [-0.4, -0.2) is 78.3 Å². The number of nitrogens with zero attached hydrogens (tertiary/aromatic N) is 3. The molecule has 4 rings (SSSR count). The van der Waals surface area contributed by atoms with Crippen LogP contribution < -0.4 is 13.6 Å². The van der Waals surface area contributed by atoms with Gasteiger partial charge in [0.2, 0.25) is 0 Å². The molecular weight excluding hydrogens is 924 g/mol. The number of hydrogen-bond acceptors (Lipinski definition) is 6. The minimum absolute atomic E-state index is 0.276. The first-order valence-electron chi connectivity index (χ1n) is 19.9. The van der Waals surface area contributed by atoms with Crippen LogP contribution in [0.25, 0.3) is 0 Å². The average molecular weight is 991 g/mol. The van der Waals surface area contributed by atoms with Crippen molar-refractivity contribution in [3.05, 3.63) is 88.0 Å². The standard InChI is InChI=1S/C42H66N3O3P3Se3/c1-16-43-49(52,46-40-34(28(4)5)22-19-23-35(40)29(6)7)44(17-2)51(54,48-42-38(32(12)13)26-21-27-39(42)33(14)15)45(18-3)50(43,53)47-41-36(30(8)9)24-20-25-37(41)31(10)11/h19-33H,16-18H2,1-15H3. The third kappa shape index (κ3) is 8.86. The van der Waals surface area contributed by atoms with Crippen LogP contribution >= 0.6 is 18.1 Å². The molecule has 12 heteroatoms. The van der Waals surface area contributed by atoms with Gasteiger partial charge in [-0.3, -0.25) is 0 Å². The monoisotopic (exact) mass is 993 g/mol. The zero-order valence-electron chi connectivity index (χ0n) is 35.4. The van der Waals surface area contributed by atoms with Crippen LogP contribution in [0.5, 0.6) is 17.2 Å². The Morgan fingerprint density at radius 1 is 0.389 bits per heavy atom. The second kappa shape index (κ2) is 18.8. The van der Waals surface area contributed by atoms with Gasteiger partial charge in [0.05, 0.1) is 0 Å². The molecule has 0 saturated carbocycles. The molecular formula is C42H66N3O3P3Se3. The summed E-state index contributed by atoms with van der Waals surface area (Å²) in [6.45, 7) is 36.0. The van der Waals surface area contributed by atoms with E-state index in [1.807, 2.05) is 0 Å². The number of benzene rings is 3. The van der Waals surface area contributed by atoms with Crippen LogP contribution in [0.1, 0.15) is 173 Å². The summed E-state index contributed by atoms with van der Waals surface area (Å²) in [6, 6.07) is 11.4. The molecule has 0 radical (unpaired) electrons. The second-order valence-electron chi connectivity index (χ2n) is 16.0. The maximum atomic E-state index is 7.84. The molecule has 0 unspecified atom stereocenters. The number of para-hydroxylation sites is 3. The SMILES string of the molecule is CCN1P(=[Se])(Oc2c(C(C)C)cccc2C(C)C)N(CC)P(=[Se])(Oc2c(C(C)C)cccc2C(C)C)N(CC)P1(=[Se])Oc1c(C(C)C)cccc1C(C)C. The first kappa shape index (κ1) is 46.5. The van der Waals surface area contributed by atoms with Gasteiger partial charge in [0, 0.05) is 0 Å². The van der Waals surface area contributed by atoms with Crippen molar-refractivity contribution in [3.63, 3.8) is 0 Å². The van der Waals surface area contributed by atoms with Crippen LogP contribution in [-0.2, 0) is 0 Å². The van der Waals surface area contributed by atoms with E-state index < -0.39 is 18.1 Å². The summed E-state index contributed by atoms with van der Waals surface area (Å²) in [5.74, 6) is 4.59. The molecule has 1 heterocycles. The Kier molecular flexibility index (Phi) is 16.2. The van der Waals surface area contributed by atoms with Crippen molar-refractivity contribution in [2.24, 2.45) is 0 Å². The van der Waals surface area contributed by atoms with Crippen molar-refractivity contribution >= 4 is 63.4 Å².